The summed E-state index contributed by atoms with van der Waals surface area (Å²) < 4.78 is 14.0. The highest BCUT2D eigenvalue weighted by molar-refractivity contribution is 9.10. The predicted octanol–water partition coefficient (Wildman–Crippen LogP) is 3.95. The molecule has 0 bridgehead atoms. The molecular formula is C21H22BrFN2O2. The van der Waals surface area contributed by atoms with E-state index >= 15 is 0 Å². The quantitative estimate of drug-likeness (QED) is 0.725. The first-order valence-electron chi connectivity index (χ1n) is 9.05. The van der Waals surface area contributed by atoms with E-state index in [0.29, 0.717) is 12.1 Å². The number of nitrogens with one attached hydrogen (secondary N) is 2. The first-order chi connectivity index (χ1) is 13.0. The molecule has 1 aliphatic carbocycles. The molecular weight excluding hydrogens is 411 g/mol. The molecule has 2 aromatic rings. The lowest BCUT2D eigenvalue weighted by Gasteiger charge is -2.30. The van der Waals surface area contributed by atoms with E-state index in [1.54, 1.807) is 18.2 Å². The number of carbonyl (C=O) groups excluding carboxylic acids is 2. The summed E-state index contributed by atoms with van der Waals surface area (Å²) in [5, 5.41) is 5.58. The first kappa shape index (κ1) is 19.5. The van der Waals surface area contributed by atoms with Crippen molar-refractivity contribution in [1.82, 2.24) is 10.6 Å². The van der Waals surface area contributed by atoms with Gasteiger partial charge < -0.3 is 10.6 Å². The third-order valence-corrected chi connectivity index (χ3v) is 5.63. The van der Waals surface area contributed by atoms with Crippen molar-refractivity contribution in [2.75, 3.05) is 13.1 Å². The highest BCUT2D eigenvalue weighted by Crippen LogP contribution is 2.40. The van der Waals surface area contributed by atoms with Crippen LogP contribution in [0.1, 0.15) is 41.6 Å². The van der Waals surface area contributed by atoms with Crippen LogP contribution in [0, 0.1) is 5.82 Å². The Morgan fingerprint density at radius 1 is 1.04 bits per heavy atom. The van der Waals surface area contributed by atoms with Crippen LogP contribution in [0.25, 0.3) is 0 Å². The van der Waals surface area contributed by atoms with Crippen molar-refractivity contribution in [3.8, 4) is 0 Å². The van der Waals surface area contributed by atoms with Gasteiger partial charge in [0.25, 0.3) is 5.91 Å². The van der Waals surface area contributed by atoms with E-state index in [-0.39, 0.29) is 29.6 Å². The SMILES string of the molecule is O=C(CNC(=O)c1cccc(Br)c1)NCC1(c2ccc(F)cc2)CCCC1. The van der Waals surface area contributed by atoms with Crippen LogP contribution in [-0.2, 0) is 10.2 Å². The molecule has 2 N–H and O–H groups in total. The van der Waals surface area contributed by atoms with Crippen molar-refractivity contribution < 1.29 is 14.0 Å². The van der Waals surface area contributed by atoms with Gasteiger partial charge in [0.05, 0.1) is 6.54 Å². The normalized spacial score (nSPS) is 15.3. The van der Waals surface area contributed by atoms with E-state index in [1.807, 2.05) is 18.2 Å². The van der Waals surface area contributed by atoms with Crippen LogP contribution in [0.5, 0.6) is 0 Å². The second-order valence-electron chi connectivity index (χ2n) is 6.96. The van der Waals surface area contributed by atoms with Crippen molar-refractivity contribution in [2.45, 2.75) is 31.1 Å². The summed E-state index contributed by atoms with van der Waals surface area (Å²) in [5.74, 6) is -0.779. The second kappa shape index (κ2) is 8.65. The topological polar surface area (TPSA) is 58.2 Å². The third-order valence-electron chi connectivity index (χ3n) is 5.14. The van der Waals surface area contributed by atoms with Crippen LogP contribution in [0.2, 0.25) is 0 Å². The maximum absolute atomic E-state index is 13.2. The van der Waals surface area contributed by atoms with Gasteiger partial charge in [0.15, 0.2) is 0 Å². The van der Waals surface area contributed by atoms with E-state index < -0.39 is 0 Å². The minimum atomic E-state index is -0.291. The Labute approximate surface area is 166 Å². The average molecular weight is 433 g/mol. The number of hydrogen-bond acceptors (Lipinski definition) is 2. The summed E-state index contributed by atoms with van der Waals surface area (Å²) in [6.07, 6.45) is 4.10. The Morgan fingerprint density at radius 2 is 1.74 bits per heavy atom. The molecule has 0 aromatic heterocycles. The van der Waals surface area contributed by atoms with Crippen LogP contribution >= 0.6 is 15.9 Å². The van der Waals surface area contributed by atoms with Gasteiger partial charge in [-0.2, -0.15) is 0 Å². The number of hydrogen-bond donors (Lipinski definition) is 2. The summed E-state index contributed by atoms with van der Waals surface area (Å²) in [6.45, 7) is 0.412. The van der Waals surface area contributed by atoms with E-state index in [4.69, 9.17) is 0 Å². The lowest BCUT2D eigenvalue weighted by Crippen LogP contribution is -2.43. The Hall–Kier alpha value is -2.21. The van der Waals surface area contributed by atoms with Gasteiger partial charge >= 0.3 is 0 Å². The molecule has 27 heavy (non-hydrogen) atoms. The summed E-state index contributed by atoms with van der Waals surface area (Å²) in [5.41, 5.74) is 1.40. The van der Waals surface area contributed by atoms with Crippen LogP contribution in [-0.4, -0.2) is 24.9 Å². The highest BCUT2D eigenvalue weighted by atomic mass is 79.9. The molecule has 2 amide bonds. The molecule has 1 saturated carbocycles. The molecule has 142 valence electrons. The van der Waals surface area contributed by atoms with Crippen molar-refractivity contribution in [2.24, 2.45) is 0 Å². The van der Waals surface area contributed by atoms with E-state index in [2.05, 4.69) is 26.6 Å². The van der Waals surface area contributed by atoms with Crippen LogP contribution in [0.3, 0.4) is 0 Å². The van der Waals surface area contributed by atoms with Crippen LogP contribution < -0.4 is 10.6 Å². The fraction of sp³-hybridized carbons (Fsp3) is 0.333. The van der Waals surface area contributed by atoms with Gasteiger partial charge in [-0.3, -0.25) is 9.59 Å². The van der Waals surface area contributed by atoms with Crippen molar-refractivity contribution in [3.63, 3.8) is 0 Å². The van der Waals surface area contributed by atoms with E-state index in [1.165, 1.54) is 12.1 Å². The maximum Gasteiger partial charge on any atom is 0.251 e. The monoisotopic (exact) mass is 432 g/mol. The molecule has 4 nitrogen and oxygen atoms in total. The smallest absolute Gasteiger partial charge is 0.251 e. The van der Waals surface area contributed by atoms with Crippen molar-refractivity contribution >= 4 is 27.7 Å². The largest absolute Gasteiger partial charge is 0.354 e. The minimum absolute atomic E-state index is 0.0785. The molecule has 0 atom stereocenters. The molecule has 6 heteroatoms. The van der Waals surface area contributed by atoms with Gasteiger partial charge in [0, 0.05) is 22.0 Å². The third kappa shape index (κ3) is 4.95. The zero-order valence-electron chi connectivity index (χ0n) is 14.9. The average Bonchev–Trinajstić information content (AvgIpc) is 3.15. The Morgan fingerprint density at radius 3 is 2.41 bits per heavy atom. The summed E-state index contributed by atoms with van der Waals surface area (Å²) >= 11 is 3.32. The lowest BCUT2D eigenvalue weighted by atomic mass is 9.79. The maximum atomic E-state index is 13.2. The second-order valence-corrected chi connectivity index (χ2v) is 7.88. The lowest BCUT2D eigenvalue weighted by molar-refractivity contribution is -0.120. The fourth-order valence-corrected chi connectivity index (χ4v) is 4.04. The number of amides is 2. The zero-order valence-corrected chi connectivity index (χ0v) is 16.5. The Bertz CT molecular complexity index is 817. The molecule has 0 unspecified atom stereocenters. The molecule has 0 heterocycles. The number of carbonyl (C=O) groups is 2. The Kier molecular flexibility index (Phi) is 6.26. The Balaban J connectivity index is 1.55. The van der Waals surface area contributed by atoms with Gasteiger partial charge in [-0.05, 0) is 48.7 Å². The van der Waals surface area contributed by atoms with Gasteiger partial charge in [0.1, 0.15) is 5.82 Å². The predicted molar refractivity (Wildman–Crippen MR) is 106 cm³/mol. The molecule has 2 aromatic carbocycles. The van der Waals surface area contributed by atoms with Crippen LogP contribution in [0.15, 0.2) is 53.0 Å². The number of halogens is 2. The molecule has 3 rings (SSSR count). The standard InChI is InChI=1S/C21H22BrFN2O2/c22-17-5-3-4-15(12-17)20(27)24-13-19(26)25-14-21(10-1-2-11-21)16-6-8-18(23)9-7-16/h3-9,12H,1-2,10-11,13-14H2,(H,24,27)(H,25,26). The van der Waals surface area contributed by atoms with Crippen molar-refractivity contribution in [1.29, 1.82) is 0 Å². The van der Waals surface area contributed by atoms with Gasteiger partial charge in [-0.15, -0.1) is 0 Å². The molecule has 1 fully saturated rings. The number of rotatable bonds is 6. The van der Waals surface area contributed by atoms with Gasteiger partial charge in [-0.25, -0.2) is 4.39 Å². The zero-order chi connectivity index (χ0) is 19.3. The first-order valence-corrected chi connectivity index (χ1v) is 9.84. The van der Waals surface area contributed by atoms with Gasteiger partial charge in [-0.1, -0.05) is 47.0 Å². The van der Waals surface area contributed by atoms with Crippen LogP contribution in [0.4, 0.5) is 4.39 Å². The molecule has 0 spiro atoms. The molecule has 0 radical (unpaired) electrons. The minimum Gasteiger partial charge on any atom is -0.354 e. The number of benzene rings is 2. The highest BCUT2D eigenvalue weighted by Gasteiger charge is 2.35. The fourth-order valence-electron chi connectivity index (χ4n) is 3.65. The summed E-state index contributed by atoms with van der Waals surface area (Å²) in [7, 11) is 0. The molecule has 1 aliphatic rings. The van der Waals surface area contributed by atoms with E-state index in [0.717, 1.165) is 35.7 Å². The van der Waals surface area contributed by atoms with Crippen molar-refractivity contribution in [3.05, 3.63) is 69.9 Å². The molecule has 0 saturated heterocycles. The van der Waals surface area contributed by atoms with E-state index in [9.17, 15) is 14.0 Å². The van der Waals surface area contributed by atoms with Gasteiger partial charge in [0.2, 0.25) is 5.91 Å². The molecule has 0 aliphatic heterocycles. The summed E-state index contributed by atoms with van der Waals surface area (Å²) in [4.78, 5) is 24.4. The summed E-state index contributed by atoms with van der Waals surface area (Å²) in [6, 6.07) is 13.6.